The van der Waals surface area contributed by atoms with E-state index in [0.717, 1.165) is 11.8 Å². The third-order valence-electron chi connectivity index (χ3n) is 1.62. The first kappa shape index (κ1) is 9.71. The van der Waals surface area contributed by atoms with Crippen LogP contribution in [0.3, 0.4) is 0 Å². The molecule has 70 valence electrons. The van der Waals surface area contributed by atoms with Crippen molar-refractivity contribution < 1.29 is 13.9 Å². The van der Waals surface area contributed by atoms with Crippen molar-refractivity contribution in [1.29, 1.82) is 0 Å². The van der Waals surface area contributed by atoms with Crippen LogP contribution in [0.25, 0.3) is 0 Å². The first-order chi connectivity index (χ1) is 6.13. The van der Waals surface area contributed by atoms with Gasteiger partial charge in [0.25, 0.3) is 0 Å². The molecule has 2 nitrogen and oxygen atoms in total. The van der Waals surface area contributed by atoms with Crippen molar-refractivity contribution in [2.24, 2.45) is 0 Å². The Balaban J connectivity index is 2.91. The number of aldehydes is 1. The predicted octanol–water partition coefficient (Wildman–Crippen LogP) is 2.50. The average molecular weight is 182 g/mol. The Kier molecular flexibility index (Phi) is 3.01. The molecule has 0 aromatic heterocycles. The molecule has 0 spiro atoms. The number of aryl methyl sites for hydroxylation is 1. The maximum Gasteiger partial charge on any atom is 0.235 e. The molecule has 13 heavy (non-hydrogen) atoms. The summed E-state index contributed by atoms with van der Waals surface area (Å²) in [5.74, 6) is 0.473. The molecule has 0 bridgehead atoms. The fraction of sp³-hybridized carbons (Fsp3) is 0.300. The molecule has 3 heteroatoms. The zero-order valence-corrected chi connectivity index (χ0v) is 7.58. The summed E-state index contributed by atoms with van der Waals surface area (Å²) in [5.41, 5.74) is 1.32. The molecule has 1 atom stereocenters. The maximum atomic E-state index is 12.5. The van der Waals surface area contributed by atoms with Gasteiger partial charge in [-0.05, 0) is 30.7 Å². The lowest BCUT2D eigenvalue weighted by Gasteiger charge is -2.09. The first-order valence-electron chi connectivity index (χ1n) is 4.00. The van der Waals surface area contributed by atoms with E-state index in [0.29, 0.717) is 11.3 Å². The Morgan fingerprint density at radius 1 is 1.54 bits per heavy atom. The highest BCUT2D eigenvalue weighted by Crippen LogP contribution is 2.19. The number of alkyl halides is 1. The van der Waals surface area contributed by atoms with Gasteiger partial charge in [0, 0.05) is 12.5 Å². The van der Waals surface area contributed by atoms with Gasteiger partial charge in [0.15, 0.2) is 0 Å². The van der Waals surface area contributed by atoms with E-state index < -0.39 is 6.36 Å². The van der Waals surface area contributed by atoms with Crippen molar-refractivity contribution in [3.63, 3.8) is 0 Å². The minimum Gasteiger partial charge on any atom is -0.460 e. The Morgan fingerprint density at radius 2 is 2.23 bits per heavy atom. The molecule has 1 aromatic rings. The summed E-state index contributed by atoms with van der Waals surface area (Å²) in [6.07, 6.45) is -0.587. The van der Waals surface area contributed by atoms with E-state index >= 15 is 0 Å². The zero-order chi connectivity index (χ0) is 9.84. The number of carbonyl (C=O) groups is 1. The van der Waals surface area contributed by atoms with Gasteiger partial charge in [-0.1, -0.05) is 0 Å². The van der Waals surface area contributed by atoms with Crippen molar-refractivity contribution >= 4 is 6.29 Å². The summed E-state index contributed by atoms with van der Waals surface area (Å²) in [4.78, 5) is 10.4. The lowest BCUT2D eigenvalue weighted by atomic mass is 10.1. The van der Waals surface area contributed by atoms with Crippen LogP contribution in [-0.2, 0) is 0 Å². The van der Waals surface area contributed by atoms with E-state index in [4.69, 9.17) is 4.74 Å². The smallest absolute Gasteiger partial charge is 0.235 e. The number of benzene rings is 1. The van der Waals surface area contributed by atoms with Gasteiger partial charge in [-0.2, -0.15) is 0 Å². The summed E-state index contributed by atoms with van der Waals surface area (Å²) in [6, 6.07) is 4.84. The minimum absolute atomic E-state index is 0.473. The molecule has 0 heterocycles. The van der Waals surface area contributed by atoms with E-state index in [2.05, 4.69) is 0 Å². The lowest BCUT2D eigenvalue weighted by molar-refractivity contribution is 0.0852. The zero-order valence-electron chi connectivity index (χ0n) is 7.58. The van der Waals surface area contributed by atoms with Crippen LogP contribution in [0.2, 0.25) is 0 Å². The molecular weight excluding hydrogens is 171 g/mol. The van der Waals surface area contributed by atoms with Gasteiger partial charge in [-0.25, -0.2) is 4.39 Å². The van der Waals surface area contributed by atoms with E-state index in [1.54, 1.807) is 25.1 Å². The number of halogens is 1. The van der Waals surface area contributed by atoms with Crippen LogP contribution in [0.4, 0.5) is 4.39 Å². The minimum atomic E-state index is -1.33. The Bertz CT molecular complexity index is 308. The summed E-state index contributed by atoms with van der Waals surface area (Å²) in [6.45, 7) is 3.08. The van der Waals surface area contributed by atoms with Crippen LogP contribution in [0, 0.1) is 6.92 Å². The highest BCUT2D eigenvalue weighted by Gasteiger charge is 2.04. The van der Waals surface area contributed by atoms with Crippen LogP contribution in [0.15, 0.2) is 18.2 Å². The topological polar surface area (TPSA) is 26.3 Å². The van der Waals surface area contributed by atoms with Gasteiger partial charge in [-0.15, -0.1) is 0 Å². The van der Waals surface area contributed by atoms with Crippen LogP contribution < -0.4 is 4.74 Å². The molecule has 1 aromatic carbocycles. The number of hydrogen-bond acceptors (Lipinski definition) is 2. The van der Waals surface area contributed by atoms with Crippen LogP contribution in [-0.4, -0.2) is 12.6 Å². The van der Waals surface area contributed by atoms with Crippen molar-refractivity contribution in [2.45, 2.75) is 20.2 Å². The molecule has 0 aliphatic heterocycles. The Morgan fingerprint density at radius 3 is 2.69 bits per heavy atom. The molecule has 0 saturated heterocycles. The summed E-state index contributed by atoms with van der Waals surface area (Å²) >= 11 is 0. The number of carbonyl (C=O) groups excluding carboxylic acids is 1. The van der Waals surface area contributed by atoms with Crippen molar-refractivity contribution in [3.8, 4) is 5.75 Å². The number of hydrogen-bond donors (Lipinski definition) is 0. The molecule has 0 fully saturated rings. The third kappa shape index (κ3) is 2.54. The predicted molar refractivity (Wildman–Crippen MR) is 47.8 cm³/mol. The second-order valence-corrected chi connectivity index (χ2v) is 2.80. The molecule has 1 rings (SSSR count). The Labute approximate surface area is 76.3 Å². The van der Waals surface area contributed by atoms with E-state index in [1.165, 1.54) is 6.92 Å². The average Bonchev–Trinajstić information content (AvgIpc) is 2.08. The second kappa shape index (κ2) is 4.03. The number of ether oxygens (including phenoxy) is 1. The summed E-state index contributed by atoms with van der Waals surface area (Å²) in [5, 5.41) is 0. The fourth-order valence-electron chi connectivity index (χ4n) is 1.05. The molecule has 0 radical (unpaired) electrons. The second-order valence-electron chi connectivity index (χ2n) is 2.80. The largest absolute Gasteiger partial charge is 0.460 e. The lowest BCUT2D eigenvalue weighted by Crippen LogP contribution is -2.05. The molecule has 1 unspecified atom stereocenters. The molecule has 0 aliphatic carbocycles. The normalized spacial score (nSPS) is 12.2. The van der Waals surface area contributed by atoms with Crippen LogP contribution >= 0.6 is 0 Å². The van der Waals surface area contributed by atoms with Crippen LogP contribution in [0.5, 0.6) is 5.75 Å². The summed E-state index contributed by atoms with van der Waals surface area (Å²) in [7, 11) is 0. The number of rotatable bonds is 3. The third-order valence-corrected chi connectivity index (χ3v) is 1.62. The van der Waals surface area contributed by atoms with Crippen LogP contribution in [0.1, 0.15) is 22.8 Å². The first-order valence-corrected chi connectivity index (χ1v) is 4.00. The quantitative estimate of drug-likeness (QED) is 0.671. The van der Waals surface area contributed by atoms with E-state index in [9.17, 15) is 9.18 Å². The van der Waals surface area contributed by atoms with Gasteiger partial charge in [0.05, 0.1) is 0 Å². The van der Waals surface area contributed by atoms with Crippen molar-refractivity contribution in [2.75, 3.05) is 0 Å². The monoisotopic (exact) mass is 182 g/mol. The molecule has 0 N–H and O–H groups in total. The van der Waals surface area contributed by atoms with Crippen molar-refractivity contribution in [3.05, 3.63) is 29.3 Å². The summed E-state index contributed by atoms with van der Waals surface area (Å²) < 4.78 is 17.3. The maximum absolute atomic E-state index is 12.5. The van der Waals surface area contributed by atoms with E-state index in [1.807, 2.05) is 0 Å². The molecule has 0 amide bonds. The standard InChI is InChI=1S/C10H11FO2/c1-7-5-9(6-12)3-4-10(7)13-8(2)11/h3-6,8H,1-2H3. The Hall–Kier alpha value is -1.38. The molecule has 0 saturated carbocycles. The highest BCUT2D eigenvalue weighted by molar-refractivity contribution is 5.75. The SMILES string of the molecule is Cc1cc(C=O)ccc1OC(C)F. The van der Waals surface area contributed by atoms with Gasteiger partial charge < -0.3 is 4.74 Å². The fourth-order valence-corrected chi connectivity index (χ4v) is 1.05. The van der Waals surface area contributed by atoms with E-state index in [-0.39, 0.29) is 0 Å². The van der Waals surface area contributed by atoms with Gasteiger partial charge in [-0.3, -0.25) is 4.79 Å². The van der Waals surface area contributed by atoms with Gasteiger partial charge in [0.2, 0.25) is 6.36 Å². The van der Waals surface area contributed by atoms with Gasteiger partial charge in [0.1, 0.15) is 12.0 Å². The van der Waals surface area contributed by atoms with Gasteiger partial charge >= 0.3 is 0 Å². The molecular formula is C10H11FO2. The molecule has 0 aliphatic rings. The highest BCUT2D eigenvalue weighted by atomic mass is 19.1. The van der Waals surface area contributed by atoms with Crippen molar-refractivity contribution in [1.82, 2.24) is 0 Å².